The van der Waals surface area contributed by atoms with Gasteiger partial charge in [-0.2, -0.15) is 0 Å². The van der Waals surface area contributed by atoms with Gasteiger partial charge in [0.05, 0.1) is 6.61 Å². The summed E-state index contributed by atoms with van der Waals surface area (Å²) in [5, 5.41) is 2.55. The predicted octanol–water partition coefficient (Wildman–Crippen LogP) is 1.47. The SMILES string of the molecule is COCC(N)C(=O)Nc1cc(F)ccc1C.Cl. The molecule has 96 valence electrons. The average molecular weight is 263 g/mol. The molecule has 17 heavy (non-hydrogen) atoms. The van der Waals surface area contributed by atoms with Crippen molar-refractivity contribution in [1.29, 1.82) is 0 Å². The van der Waals surface area contributed by atoms with E-state index in [1.54, 1.807) is 13.0 Å². The first kappa shape index (κ1) is 15.8. The van der Waals surface area contributed by atoms with Crippen LogP contribution < -0.4 is 11.1 Å². The Morgan fingerprint density at radius 3 is 2.82 bits per heavy atom. The largest absolute Gasteiger partial charge is 0.383 e. The molecular weight excluding hydrogens is 247 g/mol. The maximum Gasteiger partial charge on any atom is 0.243 e. The van der Waals surface area contributed by atoms with Gasteiger partial charge in [0.15, 0.2) is 0 Å². The Morgan fingerprint density at radius 1 is 1.59 bits per heavy atom. The van der Waals surface area contributed by atoms with E-state index in [9.17, 15) is 9.18 Å². The molecule has 1 aromatic carbocycles. The van der Waals surface area contributed by atoms with Crippen LogP contribution in [0.25, 0.3) is 0 Å². The molecule has 1 rings (SSSR count). The average Bonchev–Trinajstić information content (AvgIpc) is 2.23. The second-order valence-corrected chi connectivity index (χ2v) is 3.51. The maximum absolute atomic E-state index is 12.9. The molecule has 0 aliphatic rings. The number of aryl methyl sites for hydroxylation is 1. The third-order valence-electron chi connectivity index (χ3n) is 2.14. The lowest BCUT2D eigenvalue weighted by Gasteiger charge is -2.12. The molecule has 0 aliphatic heterocycles. The molecule has 0 saturated heterocycles. The van der Waals surface area contributed by atoms with E-state index in [4.69, 9.17) is 10.5 Å². The van der Waals surface area contributed by atoms with Crippen molar-refractivity contribution in [1.82, 2.24) is 0 Å². The fourth-order valence-corrected chi connectivity index (χ4v) is 1.21. The first-order valence-corrected chi connectivity index (χ1v) is 4.86. The Kier molecular flexibility index (Phi) is 6.72. The molecule has 0 heterocycles. The number of rotatable bonds is 4. The molecule has 1 aromatic rings. The third-order valence-corrected chi connectivity index (χ3v) is 2.14. The number of nitrogens with one attached hydrogen (secondary N) is 1. The summed E-state index contributed by atoms with van der Waals surface area (Å²) in [5.41, 5.74) is 6.74. The van der Waals surface area contributed by atoms with Crippen molar-refractivity contribution >= 4 is 24.0 Å². The van der Waals surface area contributed by atoms with Gasteiger partial charge in [0.2, 0.25) is 5.91 Å². The molecule has 0 saturated carbocycles. The molecule has 0 aromatic heterocycles. The summed E-state index contributed by atoms with van der Waals surface area (Å²) in [6.45, 7) is 1.90. The van der Waals surface area contributed by atoms with E-state index < -0.39 is 17.8 Å². The van der Waals surface area contributed by atoms with E-state index in [-0.39, 0.29) is 19.0 Å². The molecule has 4 nitrogen and oxygen atoms in total. The number of ether oxygens (including phenoxy) is 1. The first-order valence-electron chi connectivity index (χ1n) is 4.86. The number of amides is 1. The van der Waals surface area contributed by atoms with Crippen LogP contribution in [0.3, 0.4) is 0 Å². The van der Waals surface area contributed by atoms with Gasteiger partial charge in [0.25, 0.3) is 0 Å². The van der Waals surface area contributed by atoms with Crippen LogP contribution in [0.4, 0.5) is 10.1 Å². The van der Waals surface area contributed by atoms with Crippen LogP contribution in [0.2, 0.25) is 0 Å². The summed E-state index contributed by atoms with van der Waals surface area (Å²) in [5.74, 6) is -0.795. The highest BCUT2D eigenvalue weighted by atomic mass is 35.5. The second kappa shape index (κ2) is 7.21. The monoisotopic (exact) mass is 262 g/mol. The summed E-state index contributed by atoms with van der Waals surface area (Å²) < 4.78 is 17.7. The van der Waals surface area contributed by atoms with Crippen molar-refractivity contribution in [2.75, 3.05) is 19.0 Å². The molecule has 0 aliphatic carbocycles. The molecule has 0 bridgehead atoms. The van der Waals surface area contributed by atoms with Crippen molar-refractivity contribution in [3.63, 3.8) is 0 Å². The maximum atomic E-state index is 12.9. The third kappa shape index (κ3) is 4.68. The number of halogens is 2. The highest BCUT2D eigenvalue weighted by Crippen LogP contribution is 2.15. The van der Waals surface area contributed by atoms with Crippen LogP contribution in [-0.2, 0) is 9.53 Å². The van der Waals surface area contributed by atoms with Crippen LogP contribution in [0.5, 0.6) is 0 Å². The van der Waals surface area contributed by atoms with Gasteiger partial charge < -0.3 is 15.8 Å². The second-order valence-electron chi connectivity index (χ2n) is 3.51. The van der Waals surface area contributed by atoms with Crippen molar-refractivity contribution in [3.8, 4) is 0 Å². The van der Waals surface area contributed by atoms with Gasteiger partial charge in [-0.3, -0.25) is 4.79 Å². The van der Waals surface area contributed by atoms with Gasteiger partial charge in [-0.15, -0.1) is 12.4 Å². The van der Waals surface area contributed by atoms with Gasteiger partial charge in [0.1, 0.15) is 11.9 Å². The molecule has 1 unspecified atom stereocenters. The molecule has 0 fully saturated rings. The quantitative estimate of drug-likeness (QED) is 0.864. The molecule has 3 N–H and O–H groups in total. The van der Waals surface area contributed by atoms with E-state index >= 15 is 0 Å². The summed E-state index contributed by atoms with van der Waals surface area (Å²) in [6, 6.07) is 3.42. The number of hydrogen-bond donors (Lipinski definition) is 2. The highest BCUT2D eigenvalue weighted by Gasteiger charge is 2.14. The van der Waals surface area contributed by atoms with E-state index in [0.717, 1.165) is 5.56 Å². The Bertz CT molecular complexity index is 388. The number of benzene rings is 1. The van der Waals surface area contributed by atoms with Crippen molar-refractivity contribution in [2.45, 2.75) is 13.0 Å². The number of methoxy groups -OCH3 is 1. The van der Waals surface area contributed by atoms with E-state index in [1.165, 1.54) is 19.2 Å². The smallest absolute Gasteiger partial charge is 0.243 e. The van der Waals surface area contributed by atoms with Crippen LogP contribution in [0.15, 0.2) is 18.2 Å². The topological polar surface area (TPSA) is 64.3 Å². The molecule has 1 amide bonds. The lowest BCUT2D eigenvalue weighted by Crippen LogP contribution is -2.39. The van der Waals surface area contributed by atoms with E-state index in [1.807, 2.05) is 0 Å². The normalized spacial score (nSPS) is 11.5. The van der Waals surface area contributed by atoms with Crippen LogP contribution in [-0.4, -0.2) is 25.7 Å². The van der Waals surface area contributed by atoms with Crippen LogP contribution in [0, 0.1) is 12.7 Å². The zero-order valence-electron chi connectivity index (χ0n) is 9.70. The van der Waals surface area contributed by atoms with Gasteiger partial charge >= 0.3 is 0 Å². The zero-order valence-corrected chi connectivity index (χ0v) is 10.5. The molecule has 6 heteroatoms. The first-order chi connectivity index (χ1) is 7.54. The van der Waals surface area contributed by atoms with Crippen LogP contribution in [0.1, 0.15) is 5.56 Å². The Hall–Kier alpha value is -1.17. The number of carbonyl (C=O) groups excluding carboxylic acids is 1. The molecule has 0 radical (unpaired) electrons. The number of hydrogen-bond acceptors (Lipinski definition) is 3. The van der Waals surface area contributed by atoms with Gasteiger partial charge in [-0.05, 0) is 24.6 Å². The number of anilines is 1. The molecule has 1 atom stereocenters. The highest BCUT2D eigenvalue weighted by molar-refractivity contribution is 5.95. The fraction of sp³-hybridized carbons (Fsp3) is 0.364. The Morgan fingerprint density at radius 2 is 2.24 bits per heavy atom. The van der Waals surface area contributed by atoms with Crippen molar-refractivity contribution < 1.29 is 13.9 Å². The van der Waals surface area contributed by atoms with E-state index in [0.29, 0.717) is 5.69 Å². The van der Waals surface area contributed by atoms with Crippen molar-refractivity contribution in [3.05, 3.63) is 29.6 Å². The van der Waals surface area contributed by atoms with Gasteiger partial charge in [0, 0.05) is 12.8 Å². The summed E-state index contributed by atoms with van der Waals surface area (Å²) in [4.78, 5) is 11.5. The Labute approximate surface area is 106 Å². The predicted molar refractivity (Wildman–Crippen MR) is 66.9 cm³/mol. The van der Waals surface area contributed by atoms with Crippen LogP contribution >= 0.6 is 12.4 Å². The summed E-state index contributed by atoms with van der Waals surface area (Å²) >= 11 is 0. The minimum atomic E-state index is -0.757. The molecule has 0 spiro atoms. The minimum absolute atomic E-state index is 0. The van der Waals surface area contributed by atoms with Crippen molar-refractivity contribution in [2.24, 2.45) is 5.73 Å². The van der Waals surface area contributed by atoms with Gasteiger partial charge in [-0.25, -0.2) is 4.39 Å². The fourth-order valence-electron chi connectivity index (χ4n) is 1.21. The summed E-state index contributed by atoms with van der Waals surface area (Å²) in [6.07, 6.45) is 0. The number of nitrogens with two attached hydrogens (primary N) is 1. The molecular formula is C11H16ClFN2O2. The lowest BCUT2D eigenvalue weighted by molar-refractivity contribution is -0.118. The zero-order chi connectivity index (χ0) is 12.1. The summed E-state index contributed by atoms with van der Waals surface area (Å²) in [7, 11) is 1.46. The van der Waals surface area contributed by atoms with E-state index in [2.05, 4.69) is 5.32 Å². The Balaban J connectivity index is 0.00000256. The standard InChI is InChI=1S/C11H15FN2O2.ClH/c1-7-3-4-8(12)5-10(7)14-11(15)9(13)6-16-2;/h3-5,9H,6,13H2,1-2H3,(H,14,15);1H. The number of carbonyl (C=O) groups is 1. The minimum Gasteiger partial charge on any atom is -0.383 e. The van der Waals surface area contributed by atoms with Gasteiger partial charge in [-0.1, -0.05) is 6.07 Å². The lowest BCUT2D eigenvalue weighted by atomic mass is 10.2.